The number of amides is 1. The summed E-state index contributed by atoms with van der Waals surface area (Å²) < 4.78 is 10.4. The van der Waals surface area contributed by atoms with Gasteiger partial charge in [-0.2, -0.15) is 0 Å². The molecule has 0 radical (unpaired) electrons. The summed E-state index contributed by atoms with van der Waals surface area (Å²) in [5, 5.41) is 12.0. The van der Waals surface area contributed by atoms with Gasteiger partial charge in [0.2, 0.25) is 0 Å². The van der Waals surface area contributed by atoms with Crippen LogP contribution in [0.5, 0.6) is 5.75 Å². The maximum absolute atomic E-state index is 12.2. The van der Waals surface area contributed by atoms with E-state index in [0.717, 1.165) is 0 Å². The van der Waals surface area contributed by atoms with E-state index in [4.69, 9.17) is 26.2 Å². The molecule has 0 bridgehead atoms. The number of carbonyl (C=O) groups excluding carboxylic acids is 1. The largest absolute Gasteiger partial charge is 0.480 e. The molecule has 7 heteroatoms. The van der Waals surface area contributed by atoms with Gasteiger partial charge in [-0.1, -0.05) is 30.7 Å². The van der Waals surface area contributed by atoms with E-state index in [9.17, 15) is 9.59 Å². The van der Waals surface area contributed by atoms with E-state index >= 15 is 0 Å². The zero-order valence-electron chi connectivity index (χ0n) is 12.5. The van der Waals surface area contributed by atoms with Gasteiger partial charge in [-0.25, -0.2) is 4.79 Å². The predicted molar refractivity (Wildman–Crippen MR) is 82.2 cm³/mol. The normalized spacial score (nSPS) is 13.2. The van der Waals surface area contributed by atoms with Crippen molar-refractivity contribution >= 4 is 23.5 Å². The third kappa shape index (κ3) is 5.54. The molecular formula is C15H20ClNO5. The Morgan fingerprint density at radius 1 is 1.36 bits per heavy atom. The summed E-state index contributed by atoms with van der Waals surface area (Å²) in [5.74, 6) is -1.22. The van der Waals surface area contributed by atoms with Crippen LogP contribution in [-0.2, 0) is 14.3 Å². The topological polar surface area (TPSA) is 84.9 Å². The highest BCUT2D eigenvalue weighted by atomic mass is 35.5. The van der Waals surface area contributed by atoms with Crippen LogP contribution in [0.25, 0.3) is 0 Å². The van der Waals surface area contributed by atoms with Gasteiger partial charge in [0.1, 0.15) is 11.8 Å². The number of carboxylic acid groups (broad SMARTS) is 1. The average molecular weight is 330 g/mol. The first-order valence-electron chi connectivity index (χ1n) is 6.92. The van der Waals surface area contributed by atoms with E-state index in [1.54, 1.807) is 31.2 Å². The third-order valence-corrected chi connectivity index (χ3v) is 3.31. The van der Waals surface area contributed by atoms with Gasteiger partial charge in [0.25, 0.3) is 5.91 Å². The lowest BCUT2D eigenvalue weighted by atomic mass is 10.2. The van der Waals surface area contributed by atoms with Gasteiger partial charge in [-0.15, -0.1) is 0 Å². The first kappa shape index (κ1) is 18.3. The molecule has 22 heavy (non-hydrogen) atoms. The highest BCUT2D eigenvalue weighted by Gasteiger charge is 2.25. The second-order valence-electron chi connectivity index (χ2n) is 4.63. The van der Waals surface area contributed by atoms with Crippen LogP contribution in [0, 0.1) is 0 Å². The summed E-state index contributed by atoms with van der Waals surface area (Å²) in [6.07, 6.45) is -0.252. The minimum atomic E-state index is -1.11. The quantitative estimate of drug-likeness (QED) is 0.724. The zero-order chi connectivity index (χ0) is 16.5. The van der Waals surface area contributed by atoms with E-state index in [2.05, 4.69) is 5.32 Å². The minimum absolute atomic E-state index is 0.181. The Bertz CT molecular complexity index is 508. The zero-order valence-corrected chi connectivity index (χ0v) is 13.3. The van der Waals surface area contributed by atoms with Gasteiger partial charge < -0.3 is 19.9 Å². The fourth-order valence-corrected chi connectivity index (χ4v) is 1.95. The lowest BCUT2D eigenvalue weighted by molar-refractivity contribution is -0.143. The molecule has 1 amide bonds. The number of rotatable bonds is 9. The summed E-state index contributed by atoms with van der Waals surface area (Å²) in [4.78, 5) is 23.3. The van der Waals surface area contributed by atoms with Crippen LogP contribution >= 0.6 is 11.6 Å². The Hall–Kier alpha value is -1.79. The van der Waals surface area contributed by atoms with Crippen LogP contribution in [0.2, 0.25) is 5.02 Å². The van der Waals surface area contributed by atoms with Gasteiger partial charge in [0, 0.05) is 20.1 Å². The third-order valence-electron chi connectivity index (χ3n) is 2.99. The summed E-state index contributed by atoms with van der Waals surface area (Å²) in [6, 6.07) is 5.78. The number of carbonyl (C=O) groups is 2. The summed E-state index contributed by atoms with van der Waals surface area (Å²) >= 11 is 5.99. The van der Waals surface area contributed by atoms with Crippen molar-refractivity contribution in [1.82, 2.24) is 5.32 Å². The summed E-state index contributed by atoms with van der Waals surface area (Å²) in [6.45, 7) is 2.01. The van der Waals surface area contributed by atoms with Crippen LogP contribution in [0.1, 0.15) is 19.8 Å². The van der Waals surface area contributed by atoms with Crippen LogP contribution in [0.4, 0.5) is 0 Å². The van der Waals surface area contributed by atoms with E-state index < -0.39 is 24.0 Å². The van der Waals surface area contributed by atoms with Crippen molar-refractivity contribution in [3.05, 3.63) is 29.3 Å². The fourth-order valence-electron chi connectivity index (χ4n) is 1.77. The number of benzene rings is 1. The van der Waals surface area contributed by atoms with Crippen molar-refractivity contribution in [2.45, 2.75) is 31.9 Å². The molecule has 0 aliphatic carbocycles. The van der Waals surface area contributed by atoms with Gasteiger partial charge in [0.15, 0.2) is 6.10 Å². The minimum Gasteiger partial charge on any atom is -0.480 e. The SMILES string of the molecule is CCC(Oc1ccccc1Cl)C(=O)NC(CCOC)C(=O)O. The van der Waals surface area contributed by atoms with Crippen LogP contribution in [-0.4, -0.2) is 42.8 Å². The van der Waals surface area contributed by atoms with Crippen molar-refractivity contribution < 1.29 is 24.2 Å². The molecule has 0 spiro atoms. The van der Waals surface area contributed by atoms with Crippen molar-refractivity contribution in [3.8, 4) is 5.75 Å². The number of hydrogen-bond acceptors (Lipinski definition) is 4. The number of ether oxygens (including phenoxy) is 2. The van der Waals surface area contributed by atoms with E-state index in [-0.39, 0.29) is 13.0 Å². The molecule has 122 valence electrons. The molecule has 0 aliphatic heterocycles. The van der Waals surface area contributed by atoms with Gasteiger partial charge in [-0.05, 0) is 18.6 Å². The molecule has 0 aromatic heterocycles. The van der Waals surface area contributed by atoms with Crippen LogP contribution in [0.15, 0.2) is 24.3 Å². The van der Waals surface area contributed by atoms with E-state index in [0.29, 0.717) is 17.2 Å². The highest BCUT2D eigenvalue weighted by Crippen LogP contribution is 2.24. The Balaban J connectivity index is 2.71. The summed E-state index contributed by atoms with van der Waals surface area (Å²) in [5.41, 5.74) is 0. The Kier molecular flexibility index (Phi) is 7.70. The van der Waals surface area contributed by atoms with Gasteiger partial charge in [0.05, 0.1) is 5.02 Å². The smallest absolute Gasteiger partial charge is 0.326 e. The lowest BCUT2D eigenvalue weighted by Crippen LogP contribution is -2.47. The van der Waals surface area contributed by atoms with Crippen LogP contribution in [0.3, 0.4) is 0 Å². The Morgan fingerprint density at radius 2 is 2.05 bits per heavy atom. The molecule has 1 rings (SSSR count). The number of methoxy groups -OCH3 is 1. The number of para-hydroxylation sites is 1. The highest BCUT2D eigenvalue weighted by molar-refractivity contribution is 6.32. The Morgan fingerprint density at radius 3 is 2.59 bits per heavy atom. The van der Waals surface area contributed by atoms with Crippen molar-refractivity contribution in [2.75, 3.05) is 13.7 Å². The van der Waals surface area contributed by atoms with Crippen molar-refractivity contribution in [2.24, 2.45) is 0 Å². The number of carboxylic acids is 1. The molecule has 1 aromatic carbocycles. The molecule has 1 aromatic rings. The molecule has 2 N–H and O–H groups in total. The first-order chi connectivity index (χ1) is 10.5. The number of nitrogens with one attached hydrogen (secondary N) is 1. The molecular weight excluding hydrogens is 310 g/mol. The second-order valence-corrected chi connectivity index (χ2v) is 5.03. The monoisotopic (exact) mass is 329 g/mol. The molecule has 0 saturated carbocycles. The van der Waals surface area contributed by atoms with Crippen molar-refractivity contribution in [1.29, 1.82) is 0 Å². The molecule has 2 atom stereocenters. The van der Waals surface area contributed by atoms with Crippen molar-refractivity contribution in [3.63, 3.8) is 0 Å². The summed E-state index contributed by atoms with van der Waals surface area (Å²) in [7, 11) is 1.47. The molecule has 0 heterocycles. The number of aliphatic carboxylic acids is 1. The predicted octanol–water partition coefficient (Wildman–Crippen LogP) is 2.10. The first-order valence-corrected chi connectivity index (χ1v) is 7.30. The molecule has 0 saturated heterocycles. The second kappa shape index (κ2) is 9.27. The van der Waals surface area contributed by atoms with Gasteiger partial charge >= 0.3 is 5.97 Å². The fraction of sp³-hybridized carbons (Fsp3) is 0.467. The van der Waals surface area contributed by atoms with E-state index in [1.807, 2.05) is 0 Å². The molecule has 2 unspecified atom stereocenters. The number of hydrogen-bond donors (Lipinski definition) is 2. The molecule has 6 nitrogen and oxygen atoms in total. The van der Waals surface area contributed by atoms with E-state index in [1.165, 1.54) is 7.11 Å². The standard InChI is InChI=1S/C15H20ClNO5/c1-3-12(22-13-7-5-4-6-10(13)16)14(18)17-11(15(19)20)8-9-21-2/h4-7,11-12H,3,8-9H2,1-2H3,(H,17,18)(H,19,20). The lowest BCUT2D eigenvalue weighted by Gasteiger charge is -2.21. The number of halogens is 1. The molecule has 0 fully saturated rings. The average Bonchev–Trinajstić information content (AvgIpc) is 2.50. The van der Waals surface area contributed by atoms with Crippen LogP contribution < -0.4 is 10.1 Å². The maximum atomic E-state index is 12.2. The maximum Gasteiger partial charge on any atom is 0.326 e. The Labute approximate surface area is 134 Å². The van der Waals surface area contributed by atoms with Gasteiger partial charge in [-0.3, -0.25) is 4.79 Å². The molecule has 0 aliphatic rings.